The maximum Gasteiger partial charge on any atom is 0.334 e. The van der Waals surface area contributed by atoms with Crippen LogP contribution in [0.2, 0.25) is 0 Å². The van der Waals surface area contributed by atoms with E-state index in [0.717, 1.165) is 18.4 Å². The highest BCUT2D eigenvalue weighted by molar-refractivity contribution is 5.89. The van der Waals surface area contributed by atoms with Crippen molar-refractivity contribution in [2.24, 2.45) is 0 Å². The zero-order valence-corrected chi connectivity index (χ0v) is 6.67. The van der Waals surface area contributed by atoms with Gasteiger partial charge in [0, 0.05) is 5.57 Å². The van der Waals surface area contributed by atoms with Crippen LogP contribution in [0.1, 0.15) is 19.8 Å². The third kappa shape index (κ3) is 1.70. The predicted molar refractivity (Wildman–Crippen MR) is 43.1 cm³/mol. The maximum absolute atomic E-state index is 11.1. The molecular formula is C9H12O2. The molecule has 1 aliphatic rings. The predicted octanol–water partition coefficient (Wildman–Crippen LogP) is 1.82. The average molecular weight is 152 g/mol. The van der Waals surface area contributed by atoms with Gasteiger partial charge in [-0.1, -0.05) is 18.7 Å². The molecule has 0 aromatic carbocycles. The first-order chi connectivity index (χ1) is 5.27. The summed E-state index contributed by atoms with van der Waals surface area (Å²) in [6, 6.07) is 0. The minimum atomic E-state index is -0.191. The van der Waals surface area contributed by atoms with Gasteiger partial charge in [0.1, 0.15) is 6.10 Å². The van der Waals surface area contributed by atoms with Crippen molar-refractivity contribution in [2.45, 2.75) is 25.9 Å². The summed E-state index contributed by atoms with van der Waals surface area (Å²) in [4.78, 5) is 11.1. The van der Waals surface area contributed by atoms with Gasteiger partial charge in [-0.3, -0.25) is 0 Å². The van der Waals surface area contributed by atoms with E-state index in [1.54, 1.807) is 6.08 Å². The fourth-order valence-electron chi connectivity index (χ4n) is 1.10. The lowest BCUT2D eigenvalue weighted by molar-refractivity contribution is -0.145. The number of ether oxygens (including phenoxy) is 1. The van der Waals surface area contributed by atoms with Gasteiger partial charge in [0.15, 0.2) is 0 Å². The van der Waals surface area contributed by atoms with Crippen LogP contribution in [0.3, 0.4) is 0 Å². The molecule has 0 N–H and O–H groups in total. The van der Waals surface area contributed by atoms with E-state index in [1.807, 2.05) is 13.0 Å². The smallest absolute Gasteiger partial charge is 0.334 e. The van der Waals surface area contributed by atoms with Crippen molar-refractivity contribution in [3.63, 3.8) is 0 Å². The van der Waals surface area contributed by atoms with Crippen LogP contribution < -0.4 is 0 Å². The second-order valence-corrected chi connectivity index (χ2v) is 2.53. The van der Waals surface area contributed by atoms with Crippen molar-refractivity contribution in [1.29, 1.82) is 0 Å². The van der Waals surface area contributed by atoms with Gasteiger partial charge in [-0.2, -0.15) is 0 Å². The van der Waals surface area contributed by atoms with E-state index in [-0.39, 0.29) is 12.1 Å². The molecule has 1 aliphatic heterocycles. The van der Waals surface area contributed by atoms with Crippen molar-refractivity contribution in [3.8, 4) is 0 Å². The van der Waals surface area contributed by atoms with Crippen LogP contribution in [0.4, 0.5) is 0 Å². The molecule has 0 aliphatic carbocycles. The second-order valence-electron chi connectivity index (χ2n) is 2.53. The molecule has 1 atom stereocenters. The van der Waals surface area contributed by atoms with Crippen molar-refractivity contribution in [1.82, 2.24) is 0 Å². The van der Waals surface area contributed by atoms with E-state index in [2.05, 4.69) is 6.58 Å². The SMILES string of the molecule is C=C[C@@H]1CC/C(=C\C)C(=O)O1. The van der Waals surface area contributed by atoms with Gasteiger partial charge in [0.2, 0.25) is 0 Å². The Balaban J connectivity index is 2.61. The number of esters is 1. The van der Waals surface area contributed by atoms with Crippen molar-refractivity contribution >= 4 is 5.97 Å². The van der Waals surface area contributed by atoms with Crippen molar-refractivity contribution in [3.05, 3.63) is 24.3 Å². The number of carbonyl (C=O) groups is 1. The van der Waals surface area contributed by atoms with E-state index in [9.17, 15) is 4.79 Å². The molecule has 1 saturated heterocycles. The standard InChI is InChI=1S/C9H12O2/c1-3-7-5-6-8(4-2)11-9(7)10/h3-4,8H,2,5-6H2,1H3/b7-3+/t8-/m1/s1. The minimum absolute atomic E-state index is 0.0776. The lowest BCUT2D eigenvalue weighted by Gasteiger charge is -2.20. The quantitative estimate of drug-likeness (QED) is 0.325. The Hall–Kier alpha value is -1.05. The van der Waals surface area contributed by atoms with Crippen LogP contribution in [0.5, 0.6) is 0 Å². The zero-order valence-electron chi connectivity index (χ0n) is 6.67. The average Bonchev–Trinajstić information content (AvgIpc) is 2.04. The van der Waals surface area contributed by atoms with Gasteiger partial charge in [-0.05, 0) is 19.8 Å². The molecule has 0 aromatic heterocycles. The number of hydrogen-bond donors (Lipinski definition) is 0. The highest BCUT2D eigenvalue weighted by Gasteiger charge is 2.21. The number of cyclic esters (lactones) is 1. The number of rotatable bonds is 1. The molecule has 11 heavy (non-hydrogen) atoms. The summed E-state index contributed by atoms with van der Waals surface area (Å²) in [6.45, 7) is 5.42. The van der Waals surface area contributed by atoms with Crippen molar-refractivity contribution < 1.29 is 9.53 Å². The second kappa shape index (κ2) is 3.37. The number of carbonyl (C=O) groups excluding carboxylic acids is 1. The summed E-state index contributed by atoms with van der Waals surface area (Å²) in [5.74, 6) is -0.191. The monoisotopic (exact) mass is 152 g/mol. The van der Waals surface area contributed by atoms with E-state index >= 15 is 0 Å². The summed E-state index contributed by atoms with van der Waals surface area (Å²) in [7, 11) is 0. The molecule has 1 rings (SSSR count). The summed E-state index contributed by atoms with van der Waals surface area (Å²) in [6.07, 6.45) is 5.08. The fraction of sp³-hybridized carbons (Fsp3) is 0.444. The molecule has 1 heterocycles. The van der Waals surface area contributed by atoms with Gasteiger partial charge in [-0.25, -0.2) is 4.79 Å². The van der Waals surface area contributed by atoms with Gasteiger partial charge in [0.25, 0.3) is 0 Å². The first-order valence-corrected chi connectivity index (χ1v) is 3.76. The Kier molecular flexibility index (Phi) is 2.47. The van der Waals surface area contributed by atoms with Crippen molar-refractivity contribution in [2.75, 3.05) is 0 Å². The molecular weight excluding hydrogens is 140 g/mol. The lowest BCUT2D eigenvalue weighted by atomic mass is 10.0. The van der Waals surface area contributed by atoms with Crippen LogP contribution in [0, 0.1) is 0 Å². The van der Waals surface area contributed by atoms with Gasteiger partial charge >= 0.3 is 5.97 Å². The van der Waals surface area contributed by atoms with E-state index < -0.39 is 0 Å². The van der Waals surface area contributed by atoms with E-state index in [1.165, 1.54) is 0 Å². The minimum Gasteiger partial charge on any atom is -0.455 e. The van der Waals surface area contributed by atoms with Crippen LogP contribution >= 0.6 is 0 Å². The molecule has 1 fully saturated rings. The van der Waals surface area contributed by atoms with Gasteiger partial charge in [-0.15, -0.1) is 0 Å². The third-order valence-electron chi connectivity index (χ3n) is 1.83. The fourth-order valence-corrected chi connectivity index (χ4v) is 1.10. The van der Waals surface area contributed by atoms with Crippen LogP contribution in [-0.4, -0.2) is 12.1 Å². The Morgan fingerprint density at radius 1 is 1.73 bits per heavy atom. The molecule has 0 amide bonds. The molecule has 2 nitrogen and oxygen atoms in total. The maximum atomic E-state index is 11.1. The highest BCUT2D eigenvalue weighted by atomic mass is 16.5. The zero-order chi connectivity index (χ0) is 8.27. The first-order valence-electron chi connectivity index (χ1n) is 3.76. The molecule has 0 spiro atoms. The van der Waals surface area contributed by atoms with Gasteiger partial charge in [0.05, 0.1) is 0 Å². The molecule has 0 radical (unpaired) electrons. The Labute approximate surface area is 66.5 Å². The summed E-state index contributed by atoms with van der Waals surface area (Å²) in [5, 5.41) is 0. The number of allylic oxidation sites excluding steroid dienone is 1. The molecule has 0 unspecified atom stereocenters. The summed E-state index contributed by atoms with van der Waals surface area (Å²) < 4.78 is 5.01. The Morgan fingerprint density at radius 3 is 2.91 bits per heavy atom. The highest BCUT2D eigenvalue weighted by Crippen LogP contribution is 2.19. The molecule has 0 bridgehead atoms. The normalized spacial score (nSPS) is 28.3. The molecule has 0 saturated carbocycles. The largest absolute Gasteiger partial charge is 0.455 e. The molecule has 60 valence electrons. The number of hydrogen-bond acceptors (Lipinski definition) is 2. The van der Waals surface area contributed by atoms with Crippen LogP contribution in [0.15, 0.2) is 24.3 Å². The van der Waals surface area contributed by atoms with E-state index in [0.29, 0.717) is 0 Å². The van der Waals surface area contributed by atoms with E-state index in [4.69, 9.17) is 4.74 Å². The summed E-state index contributed by atoms with van der Waals surface area (Å²) in [5.41, 5.74) is 0.781. The topological polar surface area (TPSA) is 26.3 Å². The molecule has 2 heteroatoms. The molecule has 0 aromatic rings. The Morgan fingerprint density at radius 2 is 2.45 bits per heavy atom. The Bertz CT molecular complexity index is 204. The first kappa shape index (κ1) is 8.05. The van der Waals surface area contributed by atoms with Gasteiger partial charge < -0.3 is 4.74 Å². The third-order valence-corrected chi connectivity index (χ3v) is 1.83. The van der Waals surface area contributed by atoms with Crippen LogP contribution in [-0.2, 0) is 9.53 Å². The van der Waals surface area contributed by atoms with Crippen LogP contribution in [0.25, 0.3) is 0 Å². The summed E-state index contributed by atoms with van der Waals surface area (Å²) >= 11 is 0. The lowest BCUT2D eigenvalue weighted by Crippen LogP contribution is -2.23.